The molecule has 7 nitrogen and oxygen atoms in total. The van der Waals surface area contributed by atoms with Gasteiger partial charge in [0.2, 0.25) is 5.91 Å². The molecule has 1 amide bonds. The van der Waals surface area contributed by atoms with E-state index in [4.69, 9.17) is 56.4 Å². The van der Waals surface area contributed by atoms with Gasteiger partial charge in [0.1, 0.15) is 5.54 Å². The predicted octanol–water partition coefficient (Wildman–Crippen LogP) is 14.4. The van der Waals surface area contributed by atoms with Gasteiger partial charge in [0.25, 0.3) is 0 Å². The molecule has 3 aromatic heterocycles. The van der Waals surface area contributed by atoms with E-state index in [0.29, 0.717) is 26.6 Å². The first-order valence-electron chi connectivity index (χ1n) is 21.3. The van der Waals surface area contributed by atoms with E-state index in [0.717, 1.165) is 101 Å². The number of hydrogen-bond acceptors (Lipinski definition) is 4. The Kier molecular flexibility index (Phi) is 9.46. The molecule has 0 saturated carbocycles. The Labute approximate surface area is 394 Å². The summed E-state index contributed by atoms with van der Waals surface area (Å²) >= 11 is 26.2. The summed E-state index contributed by atoms with van der Waals surface area (Å²) in [5, 5.41) is 5.79. The van der Waals surface area contributed by atoms with Crippen LogP contribution in [0.3, 0.4) is 0 Å². The molecule has 3 atom stereocenters. The molecular formula is C54H36Cl4N6O. The lowest BCUT2D eigenvalue weighted by molar-refractivity contribution is -0.126. The Hall–Kier alpha value is -6.45. The second kappa shape index (κ2) is 15.3. The van der Waals surface area contributed by atoms with Crippen molar-refractivity contribution in [2.24, 2.45) is 0 Å². The highest BCUT2D eigenvalue weighted by molar-refractivity contribution is 6.31. The number of hydrogen-bond donors (Lipinski definition) is 3. The summed E-state index contributed by atoms with van der Waals surface area (Å²) in [7, 11) is 2.06. The van der Waals surface area contributed by atoms with Crippen molar-refractivity contribution < 1.29 is 4.79 Å². The monoisotopic (exact) mass is 924 g/mol. The number of nitrogens with one attached hydrogen (secondary N) is 3. The topological polar surface area (TPSA) is 89.7 Å². The number of anilines is 1. The molecule has 0 radical (unpaired) electrons. The van der Waals surface area contributed by atoms with E-state index >= 15 is 4.79 Å². The fraction of sp³-hybridized carbons (Fsp3) is 0.0926. The highest BCUT2D eigenvalue weighted by Gasteiger charge is 2.65. The maximum Gasteiger partial charge on any atom is 0.250 e. The number of aromatic amines is 2. The van der Waals surface area contributed by atoms with Gasteiger partial charge in [0.15, 0.2) is 0 Å². The fourth-order valence-electron chi connectivity index (χ4n) is 10.6. The van der Waals surface area contributed by atoms with Crippen molar-refractivity contribution in [1.82, 2.24) is 24.8 Å². The predicted molar refractivity (Wildman–Crippen MR) is 267 cm³/mol. The second-order valence-electron chi connectivity index (χ2n) is 16.9. The average molecular weight is 927 g/mol. The normalized spacial score (nSPS) is 18.6. The number of rotatable bonds is 4. The quantitative estimate of drug-likeness (QED) is 0.164. The van der Waals surface area contributed by atoms with Gasteiger partial charge in [-0.3, -0.25) is 14.7 Å². The maximum absolute atomic E-state index is 15.1. The van der Waals surface area contributed by atoms with E-state index < -0.39 is 11.5 Å². The van der Waals surface area contributed by atoms with Crippen molar-refractivity contribution in [1.29, 1.82) is 0 Å². The van der Waals surface area contributed by atoms with Gasteiger partial charge in [0, 0.05) is 94.0 Å². The van der Waals surface area contributed by atoms with Crippen LogP contribution in [0.4, 0.5) is 5.69 Å². The SMILES string of the molecule is CN1CC2c3nc(c(-c4ccc(Cl)cc4)c4ccc([nH]4)c(-c4ccc(Cl)cc4)c4nc(c(-c5ccc(Cl)cc5)c5ccc([nH]5)c3-c3ccc(Cl)cc3)C=C4)C2C12C(=O)Nc1ccccc12. The third kappa shape index (κ3) is 6.33. The molecule has 7 heterocycles. The summed E-state index contributed by atoms with van der Waals surface area (Å²) in [6, 6.07) is 47.9. The van der Waals surface area contributed by atoms with Crippen molar-refractivity contribution in [2.45, 2.75) is 17.4 Å². The zero-order valence-corrected chi connectivity index (χ0v) is 37.7. The Morgan fingerprint density at radius 1 is 0.523 bits per heavy atom. The third-order valence-electron chi connectivity index (χ3n) is 13.4. The Bertz CT molecular complexity index is 3470. The van der Waals surface area contributed by atoms with Crippen molar-refractivity contribution in [3.05, 3.63) is 194 Å². The summed E-state index contributed by atoms with van der Waals surface area (Å²) in [5.41, 5.74) is 14.5. The summed E-state index contributed by atoms with van der Waals surface area (Å²) < 4.78 is 0. The van der Waals surface area contributed by atoms with Crippen LogP contribution >= 0.6 is 46.4 Å². The molecule has 4 aliphatic rings. The molecule has 1 spiro atoms. The maximum atomic E-state index is 15.1. The van der Waals surface area contributed by atoms with Crippen LogP contribution < -0.4 is 5.32 Å². The number of fused-ring (bicyclic) bond motifs is 14. The fourth-order valence-corrected chi connectivity index (χ4v) is 11.1. The number of nitrogens with zero attached hydrogens (tertiary/aromatic N) is 3. The molecule has 0 aliphatic carbocycles. The minimum absolute atomic E-state index is 0.0789. The summed E-state index contributed by atoms with van der Waals surface area (Å²) in [4.78, 5) is 36.3. The minimum atomic E-state index is -1.09. The van der Waals surface area contributed by atoms with Crippen molar-refractivity contribution in [3.8, 4) is 44.5 Å². The molecule has 1 saturated heterocycles. The number of H-pyrrole nitrogens is 2. The summed E-state index contributed by atoms with van der Waals surface area (Å²) in [6.45, 7) is 0.555. The number of carbonyl (C=O) groups is 1. The minimum Gasteiger partial charge on any atom is -0.354 e. The lowest BCUT2D eigenvalue weighted by Gasteiger charge is -2.35. The lowest BCUT2D eigenvalue weighted by Crippen LogP contribution is -2.48. The Morgan fingerprint density at radius 3 is 1.42 bits per heavy atom. The number of benzene rings is 5. The molecule has 5 aromatic carbocycles. The molecule has 3 unspecified atom stereocenters. The Morgan fingerprint density at radius 2 is 0.938 bits per heavy atom. The van der Waals surface area contributed by atoms with Crippen LogP contribution in [0.5, 0.6) is 0 Å². The number of carbonyl (C=O) groups excluding carboxylic acids is 1. The molecule has 12 rings (SSSR count). The third-order valence-corrected chi connectivity index (χ3v) is 14.4. The van der Waals surface area contributed by atoms with Gasteiger partial charge in [-0.1, -0.05) is 113 Å². The first-order chi connectivity index (χ1) is 31.6. The highest BCUT2D eigenvalue weighted by Crippen LogP contribution is 2.62. The number of likely N-dealkylation sites (N-methyl/N-ethyl adjacent to an activating group) is 1. The van der Waals surface area contributed by atoms with Gasteiger partial charge in [-0.05, 0) is 120 Å². The average Bonchev–Trinajstić information content (AvgIpc) is 4.18. The van der Waals surface area contributed by atoms with Crippen molar-refractivity contribution in [2.75, 3.05) is 18.9 Å². The smallest absolute Gasteiger partial charge is 0.250 e. The molecule has 316 valence electrons. The van der Waals surface area contributed by atoms with E-state index in [1.54, 1.807) is 0 Å². The van der Waals surface area contributed by atoms with E-state index in [-0.39, 0.29) is 11.8 Å². The molecule has 4 aliphatic heterocycles. The van der Waals surface area contributed by atoms with Gasteiger partial charge in [0.05, 0.1) is 22.8 Å². The van der Waals surface area contributed by atoms with Crippen LogP contribution in [0.15, 0.2) is 146 Å². The number of likely N-dealkylation sites (tertiary alicyclic amines) is 1. The molecule has 8 aromatic rings. The van der Waals surface area contributed by atoms with Gasteiger partial charge in [-0.25, -0.2) is 4.98 Å². The summed E-state index contributed by atoms with van der Waals surface area (Å²) in [6.07, 6.45) is 4.13. The zero-order valence-electron chi connectivity index (χ0n) is 34.6. The number of halogens is 4. The number of amides is 1. The van der Waals surface area contributed by atoms with Crippen LogP contribution in [0.2, 0.25) is 20.1 Å². The molecule has 8 bridgehead atoms. The van der Waals surface area contributed by atoms with Crippen molar-refractivity contribution >= 4 is 92.2 Å². The van der Waals surface area contributed by atoms with E-state index in [1.807, 2.05) is 115 Å². The molecule has 65 heavy (non-hydrogen) atoms. The largest absolute Gasteiger partial charge is 0.354 e. The van der Waals surface area contributed by atoms with E-state index in [2.05, 4.69) is 69.7 Å². The van der Waals surface area contributed by atoms with Crippen LogP contribution in [0.1, 0.15) is 40.2 Å². The van der Waals surface area contributed by atoms with Crippen LogP contribution in [-0.4, -0.2) is 44.3 Å². The van der Waals surface area contributed by atoms with Gasteiger partial charge in [-0.15, -0.1) is 0 Å². The number of aromatic nitrogens is 4. The molecular weight excluding hydrogens is 890 g/mol. The number of para-hydroxylation sites is 1. The second-order valence-corrected chi connectivity index (χ2v) is 18.7. The first kappa shape index (κ1) is 40.1. The highest BCUT2D eigenvalue weighted by atomic mass is 35.5. The van der Waals surface area contributed by atoms with Gasteiger partial charge >= 0.3 is 0 Å². The van der Waals surface area contributed by atoms with E-state index in [1.165, 1.54) is 0 Å². The standard InChI is InChI=1S/C54H36Cl4N6O/c1-64-28-37-50(54(64)38-4-2-3-5-39(38)62-53(54)65)52-49(32-12-20-36(58)21-13-32)45-27-25-43(61-45)47(30-8-16-34(56)17-9-30)41-23-22-40(59-41)46(29-6-14-33(55)15-7-29)42-24-26-44(60-42)48(51(37)63-52)31-10-18-35(57)19-11-31/h2-27,37,50,60-61H,28H2,1H3,(H,62,65). The summed E-state index contributed by atoms with van der Waals surface area (Å²) in [5.74, 6) is -0.734. The van der Waals surface area contributed by atoms with Crippen LogP contribution in [0.25, 0.3) is 78.7 Å². The zero-order chi connectivity index (χ0) is 44.1. The molecule has 3 N–H and O–H groups in total. The van der Waals surface area contributed by atoms with E-state index in [9.17, 15) is 0 Å². The first-order valence-corrected chi connectivity index (χ1v) is 22.8. The molecule has 11 heteroatoms. The lowest BCUT2D eigenvalue weighted by atomic mass is 9.72. The van der Waals surface area contributed by atoms with Crippen LogP contribution in [-0.2, 0) is 10.3 Å². The van der Waals surface area contributed by atoms with Gasteiger partial charge in [-0.2, -0.15) is 0 Å². The van der Waals surface area contributed by atoms with Crippen molar-refractivity contribution in [3.63, 3.8) is 0 Å². The van der Waals surface area contributed by atoms with Gasteiger partial charge < -0.3 is 15.3 Å². The van der Waals surface area contributed by atoms with Crippen LogP contribution in [0, 0.1) is 0 Å². The molecule has 1 fully saturated rings. The Balaban J connectivity index is 1.30.